The number of carbonyl (C=O) groups is 1. The van der Waals surface area contributed by atoms with Crippen molar-refractivity contribution >= 4 is 6.29 Å². The number of rotatable bonds is 2. The number of aldehydes is 1. The quantitative estimate of drug-likeness (QED) is 0.622. The SMILES string of the molecule is O=CC1(C2=CC=CC=CN2)CC1. The Morgan fingerprint density at radius 3 is 2.83 bits per heavy atom. The van der Waals surface area contributed by atoms with Crippen molar-refractivity contribution in [3.63, 3.8) is 0 Å². The summed E-state index contributed by atoms with van der Waals surface area (Å²) in [6.07, 6.45) is 12.7. The molecule has 2 heteroatoms. The average molecular weight is 161 g/mol. The van der Waals surface area contributed by atoms with E-state index < -0.39 is 0 Å². The molecular weight excluding hydrogens is 150 g/mol. The van der Waals surface area contributed by atoms with Crippen LogP contribution in [0.3, 0.4) is 0 Å². The molecule has 0 aromatic heterocycles. The Labute approximate surface area is 71.7 Å². The third-order valence-corrected chi connectivity index (χ3v) is 2.37. The zero-order chi connectivity index (χ0) is 8.44. The Balaban J connectivity index is 2.23. The lowest BCUT2D eigenvalue weighted by molar-refractivity contribution is -0.111. The Hall–Kier alpha value is -1.31. The van der Waals surface area contributed by atoms with Gasteiger partial charge in [-0.3, -0.25) is 0 Å². The second-order valence-corrected chi connectivity index (χ2v) is 3.24. The van der Waals surface area contributed by atoms with Crippen LogP contribution in [0.15, 0.2) is 36.2 Å². The lowest BCUT2D eigenvalue weighted by Crippen LogP contribution is -2.17. The maximum Gasteiger partial charge on any atom is 0.132 e. The maximum atomic E-state index is 10.8. The lowest BCUT2D eigenvalue weighted by Gasteiger charge is -2.11. The maximum absolute atomic E-state index is 10.8. The van der Waals surface area contributed by atoms with E-state index in [1.807, 2.05) is 30.5 Å². The molecule has 0 spiro atoms. The predicted octanol–water partition coefficient (Wildman–Crippen LogP) is 1.52. The van der Waals surface area contributed by atoms with Gasteiger partial charge in [0.05, 0.1) is 5.41 Å². The van der Waals surface area contributed by atoms with Crippen molar-refractivity contribution in [2.45, 2.75) is 12.8 Å². The lowest BCUT2D eigenvalue weighted by atomic mass is 10.0. The first-order valence-electron chi connectivity index (χ1n) is 4.14. The molecule has 1 heterocycles. The Morgan fingerprint density at radius 1 is 1.33 bits per heavy atom. The zero-order valence-corrected chi connectivity index (χ0v) is 6.79. The molecule has 1 saturated carbocycles. The van der Waals surface area contributed by atoms with E-state index in [1.165, 1.54) is 0 Å². The van der Waals surface area contributed by atoms with Crippen LogP contribution in [0.4, 0.5) is 0 Å². The number of allylic oxidation sites excluding steroid dienone is 5. The van der Waals surface area contributed by atoms with Crippen molar-refractivity contribution in [1.82, 2.24) is 5.32 Å². The van der Waals surface area contributed by atoms with Gasteiger partial charge in [0.1, 0.15) is 6.29 Å². The number of hydrogen-bond donors (Lipinski definition) is 1. The molecule has 2 rings (SSSR count). The van der Waals surface area contributed by atoms with Crippen LogP contribution in [0, 0.1) is 5.41 Å². The van der Waals surface area contributed by atoms with E-state index in [-0.39, 0.29) is 5.41 Å². The second-order valence-electron chi connectivity index (χ2n) is 3.24. The molecule has 0 bridgehead atoms. The molecule has 0 radical (unpaired) electrons. The smallest absolute Gasteiger partial charge is 0.132 e. The van der Waals surface area contributed by atoms with Crippen LogP contribution >= 0.6 is 0 Å². The highest BCUT2D eigenvalue weighted by atomic mass is 16.1. The molecule has 1 fully saturated rings. The summed E-state index contributed by atoms with van der Waals surface area (Å²) in [7, 11) is 0. The van der Waals surface area contributed by atoms with E-state index in [0.717, 1.165) is 24.8 Å². The van der Waals surface area contributed by atoms with E-state index >= 15 is 0 Å². The van der Waals surface area contributed by atoms with Crippen molar-refractivity contribution < 1.29 is 4.79 Å². The van der Waals surface area contributed by atoms with Gasteiger partial charge in [0.15, 0.2) is 0 Å². The minimum Gasteiger partial charge on any atom is -0.364 e. The van der Waals surface area contributed by atoms with Crippen molar-refractivity contribution in [2.75, 3.05) is 0 Å². The zero-order valence-electron chi connectivity index (χ0n) is 6.79. The van der Waals surface area contributed by atoms with Gasteiger partial charge in [-0.05, 0) is 25.0 Å². The summed E-state index contributed by atoms with van der Waals surface area (Å²) in [5.41, 5.74) is 0.849. The van der Waals surface area contributed by atoms with Crippen LogP contribution in [0.2, 0.25) is 0 Å². The van der Waals surface area contributed by atoms with Crippen LogP contribution in [0.5, 0.6) is 0 Å². The molecule has 0 atom stereocenters. The Bertz CT molecular complexity index is 282. The Kier molecular flexibility index (Phi) is 1.61. The molecular formula is C10H11NO. The van der Waals surface area contributed by atoms with Gasteiger partial charge in [0.2, 0.25) is 0 Å². The van der Waals surface area contributed by atoms with Gasteiger partial charge in [-0.25, -0.2) is 0 Å². The molecule has 0 aromatic carbocycles. The van der Waals surface area contributed by atoms with Gasteiger partial charge in [0.25, 0.3) is 0 Å². The summed E-state index contributed by atoms with van der Waals surface area (Å²) in [5, 5.41) is 3.12. The summed E-state index contributed by atoms with van der Waals surface area (Å²) in [4.78, 5) is 10.8. The highest BCUT2D eigenvalue weighted by Crippen LogP contribution is 2.48. The van der Waals surface area contributed by atoms with E-state index in [4.69, 9.17) is 0 Å². The topological polar surface area (TPSA) is 29.1 Å². The molecule has 62 valence electrons. The van der Waals surface area contributed by atoms with Gasteiger partial charge in [-0.1, -0.05) is 12.2 Å². The third-order valence-electron chi connectivity index (χ3n) is 2.37. The monoisotopic (exact) mass is 161 g/mol. The summed E-state index contributed by atoms with van der Waals surface area (Å²) >= 11 is 0. The van der Waals surface area contributed by atoms with Crippen LogP contribution < -0.4 is 5.32 Å². The molecule has 1 N–H and O–H groups in total. The fraction of sp³-hybridized carbons (Fsp3) is 0.300. The van der Waals surface area contributed by atoms with Crippen LogP contribution in [0.1, 0.15) is 12.8 Å². The molecule has 1 aliphatic heterocycles. The molecule has 2 nitrogen and oxygen atoms in total. The van der Waals surface area contributed by atoms with Crippen molar-refractivity contribution in [3.8, 4) is 0 Å². The molecule has 0 unspecified atom stereocenters. The minimum absolute atomic E-state index is 0.182. The van der Waals surface area contributed by atoms with E-state index in [0.29, 0.717) is 0 Å². The third kappa shape index (κ3) is 1.09. The van der Waals surface area contributed by atoms with Gasteiger partial charge in [-0.15, -0.1) is 0 Å². The van der Waals surface area contributed by atoms with Crippen LogP contribution in [-0.4, -0.2) is 6.29 Å². The molecule has 1 aliphatic carbocycles. The van der Waals surface area contributed by atoms with E-state index in [1.54, 1.807) is 0 Å². The Morgan fingerprint density at radius 2 is 2.17 bits per heavy atom. The highest BCUT2D eigenvalue weighted by molar-refractivity contribution is 5.69. The van der Waals surface area contributed by atoms with Gasteiger partial charge in [0, 0.05) is 11.9 Å². The average Bonchev–Trinajstić information content (AvgIpc) is 2.90. The van der Waals surface area contributed by atoms with Crippen molar-refractivity contribution in [1.29, 1.82) is 0 Å². The molecule has 12 heavy (non-hydrogen) atoms. The molecule has 0 amide bonds. The first-order chi connectivity index (χ1) is 5.87. The summed E-state index contributed by atoms with van der Waals surface area (Å²) in [5.74, 6) is 0. The van der Waals surface area contributed by atoms with Gasteiger partial charge >= 0.3 is 0 Å². The largest absolute Gasteiger partial charge is 0.364 e. The number of hydrogen-bond acceptors (Lipinski definition) is 2. The van der Waals surface area contributed by atoms with Crippen LogP contribution in [-0.2, 0) is 4.79 Å². The first kappa shape index (κ1) is 7.35. The summed E-state index contributed by atoms with van der Waals surface area (Å²) in [6, 6.07) is 0. The van der Waals surface area contributed by atoms with Crippen molar-refractivity contribution in [2.24, 2.45) is 5.41 Å². The van der Waals surface area contributed by atoms with E-state index in [9.17, 15) is 4.79 Å². The predicted molar refractivity (Wildman–Crippen MR) is 47.2 cm³/mol. The number of carbonyl (C=O) groups excluding carboxylic acids is 1. The standard InChI is InChI=1S/C10H11NO/c12-8-10(5-6-10)9-4-2-1-3-7-11-9/h1-4,7-8,11H,5-6H2. The first-order valence-corrected chi connectivity index (χ1v) is 4.14. The fourth-order valence-electron chi connectivity index (χ4n) is 1.35. The van der Waals surface area contributed by atoms with E-state index in [2.05, 4.69) is 5.32 Å². The van der Waals surface area contributed by atoms with Gasteiger partial charge in [-0.2, -0.15) is 0 Å². The second kappa shape index (κ2) is 2.63. The molecule has 0 aromatic rings. The normalized spacial score (nSPS) is 23.8. The highest BCUT2D eigenvalue weighted by Gasteiger charge is 2.45. The number of nitrogens with one attached hydrogen (secondary N) is 1. The molecule has 2 aliphatic rings. The van der Waals surface area contributed by atoms with Crippen LogP contribution in [0.25, 0.3) is 0 Å². The minimum atomic E-state index is -0.182. The fourth-order valence-corrected chi connectivity index (χ4v) is 1.35. The van der Waals surface area contributed by atoms with Crippen molar-refractivity contribution in [3.05, 3.63) is 36.2 Å². The molecule has 0 saturated heterocycles. The van der Waals surface area contributed by atoms with Gasteiger partial charge < -0.3 is 10.1 Å². The summed E-state index contributed by atoms with van der Waals surface area (Å²) in [6.45, 7) is 0. The summed E-state index contributed by atoms with van der Waals surface area (Å²) < 4.78 is 0.